The lowest BCUT2D eigenvalue weighted by Gasteiger charge is -2.38. The molecule has 1 saturated heterocycles. The van der Waals surface area contributed by atoms with E-state index in [1.54, 1.807) is 48.5 Å². The Morgan fingerprint density at radius 2 is 1.44 bits per heavy atom. The van der Waals surface area contributed by atoms with E-state index in [1.165, 1.54) is 24.3 Å². The number of ether oxygens (including phenoxy) is 3. The molecule has 3 aromatic rings. The topological polar surface area (TPSA) is 163 Å². The third-order valence-corrected chi connectivity index (χ3v) is 6.37. The van der Waals surface area contributed by atoms with Crippen molar-refractivity contribution in [1.29, 1.82) is 0 Å². The number of carbonyl (C=O) groups excluding carboxylic acids is 1. The third-order valence-electron chi connectivity index (χ3n) is 6.37. The van der Waals surface area contributed by atoms with Crippen molar-refractivity contribution in [3.05, 3.63) is 95.1 Å². The molecule has 10 heteroatoms. The van der Waals surface area contributed by atoms with Crippen molar-refractivity contribution in [3.8, 4) is 11.5 Å². The maximum Gasteiger partial charge on any atom is 0.340 e. The van der Waals surface area contributed by atoms with Gasteiger partial charge in [-0.25, -0.2) is 9.59 Å². The summed E-state index contributed by atoms with van der Waals surface area (Å²) in [5.74, 6) is -1.82. The van der Waals surface area contributed by atoms with Crippen LogP contribution in [0, 0.1) is 0 Å². The van der Waals surface area contributed by atoms with Gasteiger partial charge in [0, 0.05) is 16.7 Å². The average molecular weight is 494 g/mol. The van der Waals surface area contributed by atoms with E-state index in [4.69, 9.17) is 14.2 Å². The highest BCUT2D eigenvalue weighted by Crippen LogP contribution is 2.47. The van der Waals surface area contributed by atoms with Crippen molar-refractivity contribution in [2.75, 3.05) is 0 Å². The molecule has 0 radical (unpaired) electrons. The number of cyclic esters (lactones) is 1. The summed E-state index contributed by atoms with van der Waals surface area (Å²) in [5, 5.41) is 49.1. The number of hydrogen-bond acceptors (Lipinski definition) is 9. The lowest BCUT2D eigenvalue weighted by molar-refractivity contribution is -0.271. The third kappa shape index (κ3) is 3.76. The number of rotatable bonds is 5. The van der Waals surface area contributed by atoms with Crippen LogP contribution in [-0.4, -0.2) is 68.2 Å². The first kappa shape index (κ1) is 23.8. The molecule has 0 aliphatic carbocycles. The zero-order chi connectivity index (χ0) is 25.6. The van der Waals surface area contributed by atoms with Crippen molar-refractivity contribution < 1.29 is 49.3 Å². The van der Waals surface area contributed by atoms with Gasteiger partial charge in [0.2, 0.25) is 6.29 Å². The molecule has 1 fully saturated rings. The Hall–Kier alpha value is -3.96. The Morgan fingerprint density at radius 1 is 0.833 bits per heavy atom. The summed E-state index contributed by atoms with van der Waals surface area (Å²) < 4.78 is 16.7. The summed E-state index contributed by atoms with van der Waals surface area (Å²) in [6.45, 7) is 0. The first-order valence-corrected chi connectivity index (χ1v) is 11.0. The zero-order valence-corrected chi connectivity index (χ0v) is 18.6. The Morgan fingerprint density at radius 3 is 2.08 bits per heavy atom. The zero-order valence-electron chi connectivity index (χ0n) is 18.6. The van der Waals surface area contributed by atoms with E-state index in [9.17, 15) is 35.1 Å². The van der Waals surface area contributed by atoms with Gasteiger partial charge in [-0.05, 0) is 30.3 Å². The van der Waals surface area contributed by atoms with Crippen molar-refractivity contribution >= 4 is 11.9 Å². The lowest BCUT2D eigenvalue weighted by Crippen LogP contribution is -2.61. The lowest BCUT2D eigenvalue weighted by atomic mass is 9.80. The van der Waals surface area contributed by atoms with E-state index < -0.39 is 48.2 Å². The van der Waals surface area contributed by atoms with Crippen LogP contribution in [0.15, 0.2) is 72.8 Å². The number of phenolic OH excluding ortho intramolecular Hbond substituents is 1. The fourth-order valence-electron chi connectivity index (χ4n) is 4.56. The Labute approximate surface area is 204 Å². The molecule has 0 aromatic heterocycles. The molecule has 2 heterocycles. The number of phenols is 1. The van der Waals surface area contributed by atoms with Gasteiger partial charge >= 0.3 is 11.9 Å². The van der Waals surface area contributed by atoms with Crippen LogP contribution in [-0.2, 0) is 19.9 Å². The summed E-state index contributed by atoms with van der Waals surface area (Å²) >= 11 is 0. The minimum Gasteiger partial charge on any atom is -0.508 e. The number of aliphatic hydroxyl groups excluding tert-OH is 3. The molecule has 0 spiro atoms. The van der Waals surface area contributed by atoms with Crippen LogP contribution in [0.1, 0.15) is 27.0 Å². The Bertz CT molecular complexity index is 1290. The summed E-state index contributed by atoms with van der Waals surface area (Å²) in [5.41, 5.74) is 0.858. The van der Waals surface area contributed by atoms with Crippen LogP contribution < -0.4 is 4.74 Å². The number of aliphatic hydroxyl groups is 3. The number of aromatic hydroxyl groups is 1. The van der Waals surface area contributed by atoms with Gasteiger partial charge < -0.3 is 39.7 Å². The smallest absolute Gasteiger partial charge is 0.340 e. The van der Waals surface area contributed by atoms with Gasteiger partial charge in [0.05, 0.1) is 5.56 Å². The monoisotopic (exact) mass is 494 g/mol. The van der Waals surface area contributed by atoms with Gasteiger partial charge in [0.15, 0.2) is 11.7 Å². The number of carboxylic acids is 1. The number of hydrogen-bond donors (Lipinski definition) is 5. The fourth-order valence-corrected chi connectivity index (χ4v) is 4.56. The van der Waals surface area contributed by atoms with Crippen molar-refractivity contribution in [3.63, 3.8) is 0 Å². The normalized spacial score (nSPS) is 29.3. The standard InChI is InChI=1S/C26H22O10/c27-15-9-5-13(6-10-15)26(18-4-2-1-3-17(18)24(33)36-26)14-7-11-16(12-8-14)34-25-21(30)19(28)20(29)22(35-25)23(31)32/h1-12,19-22,25,27-30H,(H,31,32)/t19-,20-,21+,22-,25+,26-/m1/s1. The van der Waals surface area contributed by atoms with Crippen LogP contribution in [0.25, 0.3) is 0 Å². The highest BCUT2D eigenvalue weighted by Gasteiger charge is 2.49. The minimum atomic E-state index is -1.83. The van der Waals surface area contributed by atoms with Crippen LogP contribution >= 0.6 is 0 Å². The van der Waals surface area contributed by atoms with E-state index in [0.29, 0.717) is 22.3 Å². The van der Waals surface area contributed by atoms with E-state index in [2.05, 4.69) is 0 Å². The molecule has 0 saturated carbocycles. The van der Waals surface area contributed by atoms with Crippen LogP contribution in [0.4, 0.5) is 0 Å². The predicted octanol–water partition coefficient (Wildman–Crippen LogP) is 1.13. The first-order chi connectivity index (χ1) is 17.2. The number of carbonyl (C=O) groups is 2. The molecule has 0 unspecified atom stereocenters. The maximum atomic E-state index is 12.8. The molecule has 10 nitrogen and oxygen atoms in total. The molecule has 5 rings (SSSR count). The molecule has 3 aromatic carbocycles. The van der Waals surface area contributed by atoms with Crippen molar-refractivity contribution in [2.24, 2.45) is 0 Å². The molecule has 36 heavy (non-hydrogen) atoms. The Balaban J connectivity index is 1.50. The quantitative estimate of drug-likeness (QED) is 0.325. The van der Waals surface area contributed by atoms with Gasteiger partial charge in [-0.2, -0.15) is 0 Å². The van der Waals surface area contributed by atoms with Crippen LogP contribution in [0.2, 0.25) is 0 Å². The number of aliphatic carboxylic acids is 1. The summed E-state index contributed by atoms with van der Waals surface area (Å²) in [4.78, 5) is 24.1. The maximum absolute atomic E-state index is 12.8. The highest BCUT2D eigenvalue weighted by atomic mass is 16.7. The van der Waals surface area contributed by atoms with Gasteiger partial charge in [0.25, 0.3) is 0 Å². The van der Waals surface area contributed by atoms with Crippen LogP contribution in [0.5, 0.6) is 11.5 Å². The van der Waals surface area contributed by atoms with Crippen molar-refractivity contribution in [1.82, 2.24) is 0 Å². The van der Waals surface area contributed by atoms with Gasteiger partial charge in [0.1, 0.15) is 29.8 Å². The van der Waals surface area contributed by atoms with E-state index in [1.807, 2.05) is 0 Å². The first-order valence-electron chi connectivity index (χ1n) is 11.0. The second kappa shape index (κ2) is 8.92. The van der Waals surface area contributed by atoms with Crippen molar-refractivity contribution in [2.45, 2.75) is 36.3 Å². The highest BCUT2D eigenvalue weighted by molar-refractivity contribution is 5.96. The van der Waals surface area contributed by atoms with E-state index in [0.717, 1.165) is 0 Å². The minimum absolute atomic E-state index is 0.0493. The van der Waals surface area contributed by atoms with E-state index in [-0.39, 0.29) is 11.5 Å². The van der Waals surface area contributed by atoms with Gasteiger partial charge in [-0.3, -0.25) is 0 Å². The average Bonchev–Trinajstić information content (AvgIpc) is 3.18. The molecule has 2 aliphatic rings. The predicted molar refractivity (Wildman–Crippen MR) is 121 cm³/mol. The largest absolute Gasteiger partial charge is 0.508 e. The molecule has 2 aliphatic heterocycles. The molecule has 0 bridgehead atoms. The molecule has 186 valence electrons. The number of fused-ring (bicyclic) bond motifs is 1. The summed E-state index contributed by atoms with van der Waals surface area (Å²) in [7, 11) is 0. The van der Waals surface area contributed by atoms with E-state index >= 15 is 0 Å². The van der Waals surface area contributed by atoms with Gasteiger partial charge in [-0.1, -0.05) is 42.5 Å². The molecular weight excluding hydrogens is 472 g/mol. The van der Waals surface area contributed by atoms with Crippen LogP contribution in [0.3, 0.4) is 0 Å². The number of carboxylic acid groups (broad SMARTS) is 1. The molecule has 0 amide bonds. The molecular formula is C26H22O10. The summed E-state index contributed by atoms with van der Waals surface area (Å²) in [6, 6.07) is 19.5. The Kier molecular flexibility index (Phi) is 5.89. The van der Waals surface area contributed by atoms with Gasteiger partial charge in [-0.15, -0.1) is 0 Å². The summed E-state index contributed by atoms with van der Waals surface area (Å²) in [6.07, 6.45) is -8.69. The molecule has 6 atom stereocenters. The second-order valence-corrected chi connectivity index (χ2v) is 8.54. The second-order valence-electron chi connectivity index (χ2n) is 8.54. The number of esters is 1. The fraction of sp³-hybridized carbons (Fsp3) is 0.231. The molecule has 5 N–H and O–H groups in total. The SMILES string of the molecule is O=C1O[C@](c2ccc(O)cc2)(c2ccc(O[C@H]3O[C@@H](C(=O)O)[C@H](O)[C@@H](O)[C@@H]3O)cc2)c2ccccc21. The number of benzene rings is 3.